The average molecular weight is 460 g/mol. The summed E-state index contributed by atoms with van der Waals surface area (Å²) in [4.78, 5) is 28.4. The zero-order valence-electron chi connectivity index (χ0n) is 19.7. The molecule has 1 saturated heterocycles. The molecule has 0 saturated carbocycles. The first-order valence-corrected chi connectivity index (χ1v) is 11.3. The first kappa shape index (κ1) is 23.4. The van der Waals surface area contributed by atoms with Gasteiger partial charge in [-0.3, -0.25) is 4.79 Å². The van der Waals surface area contributed by atoms with Crippen LogP contribution in [0.5, 0.6) is 11.6 Å². The molecule has 1 aromatic carbocycles. The molecule has 9 heteroatoms. The van der Waals surface area contributed by atoms with Crippen LogP contribution in [0.3, 0.4) is 0 Å². The summed E-state index contributed by atoms with van der Waals surface area (Å²) >= 11 is 0. The molecule has 2 aliphatic heterocycles. The molecule has 0 aliphatic carbocycles. The predicted octanol–water partition coefficient (Wildman–Crippen LogP) is 3.62. The number of hydrogen-bond acceptors (Lipinski definition) is 6. The van der Waals surface area contributed by atoms with Crippen molar-refractivity contribution in [2.24, 2.45) is 5.41 Å². The molecule has 0 N–H and O–H groups in total. The van der Waals surface area contributed by atoms with Crippen LogP contribution in [0.15, 0.2) is 18.2 Å². The van der Waals surface area contributed by atoms with Crippen LogP contribution in [-0.2, 0) is 17.8 Å². The van der Waals surface area contributed by atoms with Gasteiger partial charge in [-0.2, -0.15) is 4.98 Å². The fourth-order valence-electron chi connectivity index (χ4n) is 4.04. The van der Waals surface area contributed by atoms with Crippen LogP contribution in [0.25, 0.3) is 0 Å². The van der Waals surface area contributed by atoms with Gasteiger partial charge in [-0.05, 0) is 24.6 Å². The Morgan fingerprint density at radius 2 is 1.82 bits per heavy atom. The number of hydrogen-bond donors (Lipinski definition) is 0. The second-order valence-electron chi connectivity index (χ2n) is 10.0. The van der Waals surface area contributed by atoms with Crippen LogP contribution in [0.2, 0.25) is 0 Å². The molecule has 1 amide bonds. The number of benzene rings is 1. The molecule has 0 spiro atoms. The Labute approximate surface area is 193 Å². The lowest BCUT2D eigenvalue weighted by atomic mass is 9.91. The van der Waals surface area contributed by atoms with E-state index in [0.717, 1.165) is 44.0 Å². The number of fused-ring (bicyclic) bond motifs is 1. The number of piperazine rings is 1. The number of halogens is 2. The van der Waals surface area contributed by atoms with Crippen LogP contribution < -0.4 is 9.64 Å². The van der Waals surface area contributed by atoms with Gasteiger partial charge in [0.1, 0.15) is 5.82 Å². The molecule has 0 unspecified atom stereocenters. The van der Waals surface area contributed by atoms with Gasteiger partial charge in [0.2, 0.25) is 17.7 Å². The first-order chi connectivity index (χ1) is 15.6. The van der Waals surface area contributed by atoms with Gasteiger partial charge >= 0.3 is 0 Å². The van der Waals surface area contributed by atoms with E-state index < -0.39 is 11.6 Å². The summed E-state index contributed by atoms with van der Waals surface area (Å²) in [7, 11) is 2.07. The highest BCUT2D eigenvalue weighted by Crippen LogP contribution is 2.33. The molecular formula is C24H31F2N5O2. The van der Waals surface area contributed by atoms with E-state index >= 15 is 0 Å². The Morgan fingerprint density at radius 1 is 1.09 bits per heavy atom. The van der Waals surface area contributed by atoms with Crippen LogP contribution in [0, 0.1) is 17.0 Å². The number of rotatable bonds is 4. The van der Waals surface area contributed by atoms with Crippen LogP contribution in [-0.4, -0.2) is 65.4 Å². The van der Waals surface area contributed by atoms with Crippen molar-refractivity contribution in [1.82, 2.24) is 19.8 Å². The molecule has 33 heavy (non-hydrogen) atoms. The average Bonchev–Trinajstić information content (AvgIpc) is 2.74. The van der Waals surface area contributed by atoms with Gasteiger partial charge in [0.15, 0.2) is 11.6 Å². The van der Waals surface area contributed by atoms with Crippen molar-refractivity contribution in [2.45, 2.75) is 40.2 Å². The van der Waals surface area contributed by atoms with E-state index in [0.29, 0.717) is 37.4 Å². The molecule has 2 aliphatic rings. The predicted molar refractivity (Wildman–Crippen MR) is 121 cm³/mol. The van der Waals surface area contributed by atoms with Gasteiger partial charge in [-0.25, -0.2) is 13.8 Å². The van der Waals surface area contributed by atoms with E-state index in [1.54, 1.807) is 4.90 Å². The number of ether oxygens (including phenoxy) is 1. The highest BCUT2D eigenvalue weighted by Gasteiger charge is 2.30. The SMILES string of the molecule is CN1CCN(c2nc3c(c(Oc4ccc(F)cc4F)n2)CN(C(=O)CC(C)(C)C)CC3)CC1. The Morgan fingerprint density at radius 3 is 2.48 bits per heavy atom. The lowest BCUT2D eigenvalue weighted by Crippen LogP contribution is -2.45. The number of nitrogens with zero attached hydrogens (tertiary/aromatic N) is 5. The molecule has 0 radical (unpaired) electrons. The second kappa shape index (κ2) is 9.21. The molecule has 1 fully saturated rings. The van der Waals surface area contributed by atoms with Crippen molar-refractivity contribution >= 4 is 11.9 Å². The van der Waals surface area contributed by atoms with E-state index in [2.05, 4.69) is 21.8 Å². The Balaban J connectivity index is 1.67. The minimum Gasteiger partial charge on any atom is -0.435 e. The Hall–Kier alpha value is -2.81. The van der Waals surface area contributed by atoms with Crippen molar-refractivity contribution in [3.05, 3.63) is 41.1 Å². The van der Waals surface area contributed by atoms with Crippen molar-refractivity contribution in [1.29, 1.82) is 0 Å². The number of likely N-dealkylation sites (N-methyl/N-ethyl adjacent to an activating group) is 1. The van der Waals surface area contributed by atoms with Gasteiger partial charge in [-0.1, -0.05) is 20.8 Å². The second-order valence-corrected chi connectivity index (χ2v) is 10.0. The molecular weight excluding hydrogens is 428 g/mol. The Kier molecular flexibility index (Phi) is 6.52. The summed E-state index contributed by atoms with van der Waals surface area (Å²) < 4.78 is 33.6. The highest BCUT2D eigenvalue weighted by molar-refractivity contribution is 5.77. The standard InChI is InChI=1S/C24H31F2N5O2/c1-24(2,3)14-21(32)31-8-7-19-17(15-31)22(33-20-6-5-16(25)13-18(20)26)28-23(27-19)30-11-9-29(4)10-12-30/h5-6,13H,7-12,14-15H2,1-4H3. The maximum Gasteiger partial charge on any atom is 0.229 e. The molecule has 2 aromatic rings. The van der Waals surface area contributed by atoms with Crippen molar-refractivity contribution in [2.75, 3.05) is 44.7 Å². The number of aromatic nitrogens is 2. The van der Waals surface area contributed by atoms with E-state index in [-0.39, 0.29) is 23.0 Å². The smallest absolute Gasteiger partial charge is 0.229 e. The molecule has 1 aromatic heterocycles. The van der Waals surface area contributed by atoms with E-state index in [9.17, 15) is 13.6 Å². The Bertz CT molecular complexity index is 1030. The lowest BCUT2D eigenvalue weighted by molar-refractivity contribution is -0.134. The maximum absolute atomic E-state index is 14.4. The number of amides is 1. The molecule has 4 rings (SSSR count). The van der Waals surface area contributed by atoms with E-state index in [1.807, 2.05) is 20.8 Å². The normalized spacial score (nSPS) is 17.2. The lowest BCUT2D eigenvalue weighted by Gasteiger charge is -2.34. The highest BCUT2D eigenvalue weighted by atomic mass is 19.1. The summed E-state index contributed by atoms with van der Waals surface area (Å²) in [5.74, 6) is -0.793. The minimum atomic E-state index is -0.806. The third-order valence-corrected chi connectivity index (χ3v) is 5.93. The molecule has 3 heterocycles. The molecule has 178 valence electrons. The van der Waals surface area contributed by atoms with Gasteiger partial charge in [0.25, 0.3) is 0 Å². The topological polar surface area (TPSA) is 61.8 Å². The summed E-state index contributed by atoms with van der Waals surface area (Å²) in [5, 5.41) is 0. The number of anilines is 1. The summed E-state index contributed by atoms with van der Waals surface area (Å²) in [6.07, 6.45) is 0.988. The summed E-state index contributed by atoms with van der Waals surface area (Å²) in [6.45, 7) is 10.3. The van der Waals surface area contributed by atoms with Crippen LogP contribution in [0.4, 0.5) is 14.7 Å². The van der Waals surface area contributed by atoms with Gasteiger partial charge in [0.05, 0.1) is 17.8 Å². The third-order valence-electron chi connectivity index (χ3n) is 5.93. The quantitative estimate of drug-likeness (QED) is 0.696. The molecule has 7 nitrogen and oxygen atoms in total. The van der Waals surface area contributed by atoms with Crippen LogP contribution >= 0.6 is 0 Å². The minimum absolute atomic E-state index is 0.0511. The maximum atomic E-state index is 14.4. The fraction of sp³-hybridized carbons (Fsp3) is 0.542. The van der Waals surface area contributed by atoms with Crippen molar-refractivity contribution in [3.8, 4) is 11.6 Å². The van der Waals surface area contributed by atoms with Gasteiger partial charge in [-0.15, -0.1) is 0 Å². The van der Waals surface area contributed by atoms with Crippen molar-refractivity contribution in [3.63, 3.8) is 0 Å². The summed E-state index contributed by atoms with van der Waals surface area (Å²) in [6, 6.07) is 3.18. The zero-order chi connectivity index (χ0) is 23.8. The first-order valence-electron chi connectivity index (χ1n) is 11.3. The van der Waals surface area contributed by atoms with Crippen molar-refractivity contribution < 1.29 is 18.3 Å². The molecule has 0 atom stereocenters. The molecule has 0 bridgehead atoms. The van der Waals surface area contributed by atoms with Gasteiger partial charge in [0, 0.05) is 51.6 Å². The monoisotopic (exact) mass is 459 g/mol. The fourth-order valence-corrected chi connectivity index (χ4v) is 4.04. The summed E-state index contributed by atoms with van der Waals surface area (Å²) in [5.41, 5.74) is 1.34. The van der Waals surface area contributed by atoms with Crippen LogP contribution in [0.1, 0.15) is 38.4 Å². The zero-order valence-corrected chi connectivity index (χ0v) is 19.7. The largest absolute Gasteiger partial charge is 0.435 e. The number of carbonyl (C=O) groups excluding carboxylic acids is 1. The van der Waals surface area contributed by atoms with E-state index in [4.69, 9.17) is 9.72 Å². The van der Waals surface area contributed by atoms with Gasteiger partial charge < -0.3 is 19.4 Å². The number of carbonyl (C=O) groups is 1. The third kappa shape index (κ3) is 5.58. The van der Waals surface area contributed by atoms with E-state index in [1.165, 1.54) is 6.07 Å².